The number of hydrogen-bond donors (Lipinski definition) is 7. The second kappa shape index (κ2) is 15.7. The van der Waals surface area contributed by atoms with Gasteiger partial charge in [0.2, 0.25) is 5.91 Å². The van der Waals surface area contributed by atoms with Gasteiger partial charge in [-0.2, -0.15) is 0 Å². The van der Waals surface area contributed by atoms with E-state index in [2.05, 4.69) is 20.7 Å². The lowest BCUT2D eigenvalue weighted by molar-refractivity contribution is -0.149. The number of carboxylic acids is 2. The number of hydrogen-bond acceptors (Lipinski definition) is 8. The van der Waals surface area contributed by atoms with Crippen molar-refractivity contribution in [1.82, 2.24) is 15.5 Å². The van der Waals surface area contributed by atoms with Crippen molar-refractivity contribution in [2.45, 2.75) is 56.9 Å². The van der Waals surface area contributed by atoms with Crippen LogP contribution in [0.2, 0.25) is 5.02 Å². The molecule has 2 heterocycles. The number of benzene rings is 2. The topological polar surface area (TPSA) is 211 Å². The minimum atomic E-state index is -2.48. The molecule has 46 heavy (non-hydrogen) atoms. The fourth-order valence-corrected chi connectivity index (χ4v) is 5.84. The molecule has 14 nitrogen and oxygen atoms in total. The maximum Gasteiger partial charge on any atom is 0.326 e. The molecule has 5 atom stereocenters. The van der Waals surface area contributed by atoms with Crippen LogP contribution in [-0.4, -0.2) is 78.3 Å². The summed E-state index contributed by atoms with van der Waals surface area (Å²) in [4.78, 5) is 52.2. The predicted molar refractivity (Wildman–Crippen MR) is 170 cm³/mol. The average Bonchev–Trinajstić information content (AvgIpc) is 3.69. The number of furan rings is 1. The van der Waals surface area contributed by atoms with Gasteiger partial charge >= 0.3 is 11.9 Å². The van der Waals surface area contributed by atoms with Gasteiger partial charge in [0.05, 0.1) is 35.1 Å². The highest BCUT2D eigenvalue weighted by Crippen LogP contribution is 2.31. The summed E-state index contributed by atoms with van der Waals surface area (Å²) >= 11 is 3.79. The van der Waals surface area contributed by atoms with Crippen LogP contribution in [0.25, 0.3) is 0 Å². The van der Waals surface area contributed by atoms with Crippen LogP contribution in [0.5, 0.6) is 0 Å². The highest BCUT2D eigenvalue weighted by atomic mass is 35.5. The van der Waals surface area contributed by atoms with Gasteiger partial charge in [0.15, 0.2) is 0 Å². The summed E-state index contributed by atoms with van der Waals surface area (Å²) in [6.07, 6.45) is 2.03. The number of halogens is 1. The zero-order valence-electron chi connectivity index (χ0n) is 24.6. The second-order valence-electron chi connectivity index (χ2n) is 10.7. The number of nitrogens with zero attached hydrogens (tertiary/aromatic N) is 1. The van der Waals surface area contributed by atoms with E-state index in [1.165, 1.54) is 25.3 Å². The number of carbonyl (C=O) groups is 4. The molecule has 7 N–H and O–H groups in total. The van der Waals surface area contributed by atoms with E-state index in [4.69, 9.17) is 16.0 Å². The van der Waals surface area contributed by atoms with Crippen molar-refractivity contribution >= 4 is 58.0 Å². The Balaban J connectivity index is 1.46. The van der Waals surface area contributed by atoms with Crippen LogP contribution in [0.15, 0.2) is 65.3 Å². The lowest BCUT2D eigenvalue weighted by Gasteiger charge is -2.27. The van der Waals surface area contributed by atoms with Crippen molar-refractivity contribution in [1.29, 1.82) is 0 Å². The van der Waals surface area contributed by atoms with Gasteiger partial charge in [-0.25, -0.2) is 9.00 Å². The third-order valence-electron chi connectivity index (χ3n) is 7.47. The molecule has 2 aromatic carbocycles. The highest BCUT2D eigenvalue weighted by molar-refractivity contribution is 7.80. The third kappa shape index (κ3) is 9.06. The Bertz CT molecular complexity index is 1570. The quantitative estimate of drug-likeness (QED) is 0.116. The number of aliphatic carboxylic acids is 2. The maximum absolute atomic E-state index is 13.5. The molecule has 2 unspecified atom stereocenters. The first kappa shape index (κ1) is 34.4. The number of nitrogens with one attached hydrogen (secondary N) is 4. The SMILES string of the molecule is C[C@H](N[C@@H](CCc1ccccc1)C(=O)O)C(=O)N1C[C@@H](NC(=O)c2cc(NS(=O)O)c(Cl)cc2NCc2ccco2)CC1C(=O)O. The second-order valence-corrected chi connectivity index (χ2v) is 11.8. The van der Waals surface area contributed by atoms with Gasteiger partial charge in [0.1, 0.15) is 17.8 Å². The van der Waals surface area contributed by atoms with Crippen LogP contribution in [0.4, 0.5) is 11.4 Å². The van der Waals surface area contributed by atoms with E-state index in [0.717, 1.165) is 10.5 Å². The minimum absolute atomic E-state index is 0.00276. The van der Waals surface area contributed by atoms with Gasteiger partial charge in [-0.05, 0) is 49.6 Å². The standard InChI is InChI=1S/C30H34ClN5O9S/c1-17(33-23(29(39)40)10-9-18-6-3-2-4-7-18)28(38)36-16-19(12-26(36)30(41)42)34-27(37)21-13-25(35-46(43)44)22(31)14-24(21)32-15-20-8-5-11-45-20/h2-8,11,13-14,17,19,23,26,32-33,35H,9-10,12,15-16H2,1H3,(H,34,37)(H,39,40)(H,41,42)(H,43,44)/t17-,19-,23-,26?/m0/s1. The molecule has 0 radical (unpaired) electrons. The van der Waals surface area contributed by atoms with E-state index in [1.54, 1.807) is 12.1 Å². The van der Waals surface area contributed by atoms with Gasteiger partial charge in [0.25, 0.3) is 17.2 Å². The Hall–Kier alpha value is -4.44. The molecule has 16 heteroatoms. The Morgan fingerprint density at radius 2 is 1.83 bits per heavy atom. The van der Waals surface area contributed by atoms with Crippen molar-refractivity contribution < 1.29 is 42.6 Å². The van der Waals surface area contributed by atoms with Gasteiger partial charge in [-0.1, -0.05) is 41.9 Å². The summed E-state index contributed by atoms with van der Waals surface area (Å²) in [7, 11) is 0. The van der Waals surface area contributed by atoms with Gasteiger partial charge in [-0.3, -0.25) is 29.0 Å². The molecule has 1 aliphatic heterocycles. The predicted octanol–water partition coefficient (Wildman–Crippen LogP) is 2.94. The van der Waals surface area contributed by atoms with Crippen LogP contribution in [0.3, 0.4) is 0 Å². The number of amides is 2. The average molecular weight is 676 g/mol. The smallest absolute Gasteiger partial charge is 0.326 e. The number of carbonyl (C=O) groups excluding carboxylic acids is 2. The van der Waals surface area contributed by atoms with Crippen LogP contribution in [-0.2, 0) is 38.6 Å². The summed E-state index contributed by atoms with van der Waals surface area (Å²) < 4.78 is 28.3. The van der Waals surface area contributed by atoms with E-state index in [0.29, 0.717) is 12.2 Å². The Morgan fingerprint density at radius 3 is 2.46 bits per heavy atom. The molecular formula is C30H34ClN5O9S. The summed E-state index contributed by atoms with van der Waals surface area (Å²) in [6, 6.07) is 11.2. The lowest BCUT2D eigenvalue weighted by atomic mass is 10.0. The molecule has 246 valence electrons. The van der Waals surface area contributed by atoms with Gasteiger partial charge < -0.3 is 30.2 Å². The van der Waals surface area contributed by atoms with E-state index >= 15 is 0 Å². The molecule has 4 rings (SSSR count). The zero-order chi connectivity index (χ0) is 33.4. The normalized spacial score (nSPS) is 17.9. The van der Waals surface area contributed by atoms with E-state index in [-0.39, 0.29) is 47.9 Å². The molecule has 0 spiro atoms. The van der Waals surface area contributed by atoms with Crippen LogP contribution >= 0.6 is 11.6 Å². The van der Waals surface area contributed by atoms with Crippen molar-refractivity contribution in [3.05, 3.63) is 82.8 Å². The molecular weight excluding hydrogens is 642 g/mol. The Morgan fingerprint density at radius 1 is 1.09 bits per heavy atom. The summed E-state index contributed by atoms with van der Waals surface area (Å²) in [5.41, 5.74) is 1.23. The zero-order valence-corrected chi connectivity index (χ0v) is 26.2. The van der Waals surface area contributed by atoms with Crippen molar-refractivity contribution in [3.63, 3.8) is 0 Å². The van der Waals surface area contributed by atoms with E-state index in [9.17, 15) is 38.2 Å². The van der Waals surface area contributed by atoms with Crippen molar-refractivity contribution in [2.75, 3.05) is 16.6 Å². The summed E-state index contributed by atoms with van der Waals surface area (Å²) in [5, 5.41) is 28.3. The van der Waals surface area contributed by atoms with Crippen molar-refractivity contribution in [3.8, 4) is 0 Å². The molecule has 1 aliphatic rings. The molecule has 2 amide bonds. The number of aryl methyl sites for hydroxylation is 1. The van der Waals surface area contributed by atoms with Gasteiger partial charge in [0, 0.05) is 24.7 Å². The maximum atomic E-state index is 13.5. The molecule has 0 saturated carbocycles. The first-order valence-corrected chi connectivity index (χ1v) is 15.8. The molecule has 1 saturated heterocycles. The fourth-order valence-electron chi connectivity index (χ4n) is 5.21. The number of rotatable bonds is 15. The summed E-state index contributed by atoms with van der Waals surface area (Å²) in [5.74, 6) is -3.15. The molecule has 0 aliphatic carbocycles. The molecule has 1 fully saturated rings. The highest BCUT2D eigenvalue weighted by Gasteiger charge is 2.42. The number of anilines is 2. The first-order valence-electron chi connectivity index (χ1n) is 14.3. The Labute approximate surface area is 271 Å². The number of likely N-dealkylation sites (tertiary alicyclic amines) is 1. The fraction of sp³-hybridized carbons (Fsp3) is 0.333. The van der Waals surface area contributed by atoms with Crippen LogP contribution < -0.4 is 20.7 Å². The minimum Gasteiger partial charge on any atom is -0.480 e. The molecule has 1 aromatic heterocycles. The van der Waals surface area contributed by atoms with Crippen LogP contribution in [0, 0.1) is 0 Å². The Kier molecular flexibility index (Phi) is 11.8. The molecule has 3 aromatic rings. The lowest BCUT2D eigenvalue weighted by Crippen LogP contribution is -2.53. The van der Waals surface area contributed by atoms with Crippen molar-refractivity contribution in [2.24, 2.45) is 0 Å². The summed E-state index contributed by atoms with van der Waals surface area (Å²) in [6.45, 7) is 1.50. The monoisotopic (exact) mass is 675 g/mol. The van der Waals surface area contributed by atoms with E-state index in [1.807, 2.05) is 30.3 Å². The first-order chi connectivity index (χ1) is 21.9. The van der Waals surface area contributed by atoms with E-state index < -0.39 is 59.2 Å². The van der Waals surface area contributed by atoms with Crippen LogP contribution in [0.1, 0.15) is 41.4 Å². The third-order valence-corrected chi connectivity index (χ3v) is 8.18. The molecule has 0 bridgehead atoms. The largest absolute Gasteiger partial charge is 0.480 e. The van der Waals surface area contributed by atoms with Gasteiger partial charge in [-0.15, -0.1) is 0 Å². The number of carboxylic acid groups (broad SMARTS) is 2.